The van der Waals surface area contributed by atoms with E-state index >= 15 is 0 Å². The van der Waals surface area contributed by atoms with Crippen molar-refractivity contribution in [1.82, 2.24) is 14.9 Å². The molecule has 2 aromatic rings. The summed E-state index contributed by atoms with van der Waals surface area (Å²) < 4.78 is 11.9. The minimum atomic E-state index is -0.296. The number of benzene rings is 1. The van der Waals surface area contributed by atoms with Crippen molar-refractivity contribution in [3.05, 3.63) is 51.7 Å². The molecule has 1 heterocycles. The third kappa shape index (κ3) is 3.56. The van der Waals surface area contributed by atoms with Gasteiger partial charge in [-0.05, 0) is 26.0 Å². The van der Waals surface area contributed by atoms with Gasteiger partial charge >= 0.3 is 0 Å². The normalized spacial score (nSPS) is 10.3. The number of hydrogen-bond donors (Lipinski definition) is 1. The van der Waals surface area contributed by atoms with E-state index in [2.05, 4.69) is 10.3 Å². The summed E-state index contributed by atoms with van der Waals surface area (Å²) in [6.07, 6.45) is 1.49. The van der Waals surface area contributed by atoms with E-state index < -0.39 is 0 Å². The van der Waals surface area contributed by atoms with Gasteiger partial charge in [0, 0.05) is 24.3 Å². The monoisotopic (exact) mass is 331 g/mol. The first-order valence-electron chi connectivity index (χ1n) is 7.51. The van der Waals surface area contributed by atoms with Gasteiger partial charge in [0.2, 0.25) is 0 Å². The van der Waals surface area contributed by atoms with E-state index in [0.717, 1.165) is 0 Å². The molecule has 0 aliphatic carbocycles. The van der Waals surface area contributed by atoms with Crippen LogP contribution in [0.5, 0.6) is 11.5 Å². The van der Waals surface area contributed by atoms with Gasteiger partial charge in [0.25, 0.3) is 11.5 Å². The third-order valence-electron chi connectivity index (χ3n) is 3.80. The van der Waals surface area contributed by atoms with Crippen LogP contribution in [0.2, 0.25) is 0 Å². The van der Waals surface area contributed by atoms with Crippen LogP contribution in [0.25, 0.3) is 0 Å². The summed E-state index contributed by atoms with van der Waals surface area (Å²) >= 11 is 0. The van der Waals surface area contributed by atoms with Crippen molar-refractivity contribution in [2.24, 2.45) is 0 Å². The molecule has 0 fully saturated rings. The van der Waals surface area contributed by atoms with Crippen molar-refractivity contribution in [3.8, 4) is 11.5 Å². The highest BCUT2D eigenvalue weighted by Gasteiger charge is 2.16. The van der Waals surface area contributed by atoms with Crippen molar-refractivity contribution in [2.75, 3.05) is 20.8 Å². The summed E-state index contributed by atoms with van der Waals surface area (Å²) in [4.78, 5) is 28.6. The second-order valence-corrected chi connectivity index (χ2v) is 5.25. The lowest BCUT2D eigenvalue weighted by Crippen LogP contribution is -2.32. The molecule has 0 atom stereocenters. The van der Waals surface area contributed by atoms with Crippen LogP contribution in [0.15, 0.2) is 29.3 Å². The predicted octanol–water partition coefficient (Wildman–Crippen LogP) is 1.31. The number of para-hydroxylation sites is 1. The molecule has 0 aliphatic heterocycles. The minimum absolute atomic E-state index is 0.101. The molecule has 7 heteroatoms. The maximum Gasteiger partial charge on any atom is 0.256 e. The Hall–Kier alpha value is -2.83. The van der Waals surface area contributed by atoms with E-state index in [1.54, 1.807) is 32.0 Å². The number of carbonyl (C=O) groups excluding carboxylic acids is 1. The molecule has 0 bridgehead atoms. The second-order valence-electron chi connectivity index (χ2n) is 5.25. The number of ether oxygens (including phenoxy) is 2. The molecule has 7 nitrogen and oxygen atoms in total. The topological polar surface area (TPSA) is 82.5 Å². The molecule has 0 saturated carbocycles. The number of aromatic nitrogens is 2. The van der Waals surface area contributed by atoms with Crippen molar-refractivity contribution >= 4 is 5.91 Å². The lowest BCUT2D eigenvalue weighted by molar-refractivity contribution is 0.0948. The van der Waals surface area contributed by atoms with Crippen LogP contribution >= 0.6 is 0 Å². The van der Waals surface area contributed by atoms with E-state index in [1.807, 2.05) is 0 Å². The molecule has 1 aromatic heterocycles. The van der Waals surface area contributed by atoms with E-state index in [9.17, 15) is 9.59 Å². The Balaban J connectivity index is 2.07. The smallest absolute Gasteiger partial charge is 0.256 e. The van der Waals surface area contributed by atoms with Gasteiger partial charge in [-0.2, -0.15) is 0 Å². The zero-order valence-corrected chi connectivity index (χ0v) is 14.3. The highest BCUT2D eigenvalue weighted by atomic mass is 16.5. The van der Waals surface area contributed by atoms with E-state index in [-0.39, 0.29) is 11.5 Å². The van der Waals surface area contributed by atoms with Gasteiger partial charge in [-0.15, -0.1) is 0 Å². The average molecular weight is 331 g/mol. The Kier molecular flexibility index (Phi) is 5.57. The fourth-order valence-corrected chi connectivity index (χ4v) is 2.29. The van der Waals surface area contributed by atoms with Gasteiger partial charge in [0.15, 0.2) is 11.5 Å². The molecular weight excluding hydrogens is 310 g/mol. The van der Waals surface area contributed by atoms with Crippen LogP contribution in [-0.4, -0.2) is 36.2 Å². The molecule has 0 spiro atoms. The summed E-state index contributed by atoms with van der Waals surface area (Å²) in [5.41, 5.74) is 1.60. The average Bonchev–Trinajstić information content (AvgIpc) is 2.60. The Morgan fingerprint density at radius 2 is 2.00 bits per heavy atom. The minimum Gasteiger partial charge on any atom is -0.493 e. The van der Waals surface area contributed by atoms with Crippen LogP contribution in [0.1, 0.15) is 21.6 Å². The van der Waals surface area contributed by atoms with Gasteiger partial charge in [-0.1, -0.05) is 6.07 Å². The number of nitrogens with one attached hydrogen (secondary N) is 1. The Morgan fingerprint density at radius 1 is 1.25 bits per heavy atom. The van der Waals surface area contributed by atoms with Crippen LogP contribution in [0.4, 0.5) is 0 Å². The number of hydrogen-bond acceptors (Lipinski definition) is 5. The highest BCUT2D eigenvalue weighted by molar-refractivity contribution is 5.97. The van der Waals surface area contributed by atoms with Crippen molar-refractivity contribution in [3.63, 3.8) is 0 Å². The van der Waals surface area contributed by atoms with Gasteiger partial charge < -0.3 is 14.8 Å². The first-order valence-corrected chi connectivity index (χ1v) is 7.51. The first kappa shape index (κ1) is 17.5. The van der Waals surface area contributed by atoms with E-state index in [4.69, 9.17) is 9.47 Å². The van der Waals surface area contributed by atoms with E-state index in [0.29, 0.717) is 41.4 Å². The molecule has 24 heavy (non-hydrogen) atoms. The molecule has 1 amide bonds. The van der Waals surface area contributed by atoms with Crippen molar-refractivity contribution in [1.29, 1.82) is 0 Å². The quantitative estimate of drug-likeness (QED) is 0.863. The second kappa shape index (κ2) is 7.63. The largest absolute Gasteiger partial charge is 0.493 e. The fourth-order valence-electron chi connectivity index (χ4n) is 2.29. The van der Waals surface area contributed by atoms with Crippen LogP contribution in [0, 0.1) is 13.8 Å². The Bertz CT molecular complexity index is 799. The van der Waals surface area contributed by atoms with Crippen LogP contribution in [0.3, 0.4) is 0 Å². The Morgan fingerprint density at radius 3 is 2.67 bits per heavy atom. The molecule has 1 aromatic carbocycles. The Labute approximate surface area is 140 Å². The zero-order valence-electron chi connectivity index (χ0n) is 14.3. The maximum absolute atomic E-state index is 12.3. The van der Waals surface area contributed by atoms with Crippen LogP contribution in [-0.2, 0) is 6.54 Å². The summed E-state index contributed by atoms with van der Waals surface area (Å²) in [5.74, 6) is 0.567. The standard InChI is InChI=1S/C17H21N3O4/c1-11-12(2)19-10-20(17(11)22)9-8-18-16(21)13-6-5-7-14(23-3)15(13)24-4/h5-7,10H,8-9H2,1-4H3,(H,18,21). The molecule has 0 radical (unpaired) electrons. The van der Waals surface area contributed by atoms with Gasteiger partial charge in [-0.25, -0.2) is 4.98 Å². The summed E-state index contributed by atoms with van der Waals surface area (Å²) in [6.45, 7) is 4.16. The SMILES string of the molecule is COc1cccc(C(=O)NCCn2cnc(C)c(C)c2=O)c1OC. The fraction of sp³-hybridized carbons (Fsp3) is 0.353. The zero-order chi connectivity index (χ0) is 17.7. The summed E-state index contributed by atoms with van der Waals surface area (Å²) in [6, 6.07) is 5.09. The van der Waals surface area contributed by atoms with Crippen molar-refractivity contribution in [2.45, 2.75) is 20.4 Å². The number of methoxy groups -OCH3 is 2. The molecule has 1 N–H and O–H groups in total. The van der Waals surface area contributed by atoms with E-state index in [1.165, 1.54) is 25.1 Å². The molecule has 0 aliphatic rings. The summed E-state index contributed by atoms with van der Waals surface area (Å²) in [5, 5.41) is 2.77. The van der Waals surface area contributed by atoms with Crippen molar-refractivity contribution < 1.29 is 14.3 Å². The number of nitrogens with zero attached hydrogens (tertiary/aromatic N) is 2. The van der Waals surface area contributed by atoms with Gasteiger partial charge in [-0.3, -0.25) is 14.2 Å². The lowest BCUT2D eigenvalue weighted by Gasteiger charge is -2.13. The highest BCUT2D eigenvalue weighted by Crippen LogP contribution is 2.30. The molecular formula is C17H21N3O4. The number of rotatable bonds is 6. The number of carbonyl (C=O) groups is 1. The van der Waals surface area contributed by atoms with Crippen LogP contribution < -0.4 is 20.3 Å². The molecule has 128 valence electrons. The maximum atomic E-state index is 12.3. The summed E-state index contributed by atoms with van der Waals surface area (Å²) in [7, 11) is 2.99. The van der Waals surface area contributed by atoms with Gasteiger partial charge in [0.1, 0.15) is 0 Å². The molecule has 2 rings (SSSR count). The third-order valence-corrected chi connectivity index (χ3v) is 3.80. The number of aryl methyl sites for hydroxylation is 1. The first-order chi connectivity index (χ1) is 11.5. The lowest BCUT2D eigenvalue weighted by atomic mass is 10.1. The molecule has 0 unspecified atom stereocenters. The molecule has 0 saturated heterocycles. The predicted molar refractivity (Wildman–Crippen MR) is 89.9 cm³/mol. The number of amides is 1. The van der Waals surface area contributed by atoms with Gasteiger partial charge in [0.05, 0.1) is 26.1 Å².